The summed E-state index contributed by atoms with van der Waals surface area (Å²) in [4.78, 5) is 15.0. The second-order valence-corrected chi connectivity index (χ2v) is 6.61. The van der Waals surface area contributed by atoms with Crippen molar-refractivity contribution < 1.29 is 13.9 Å². The molecular formula is C24H24FNO2. The Morgan fingerprint density at radius 2 is 1.36 bits per heavy atom. The van der Waals surface area contributed by atoms with Crippen LogP contribution in [0.2, 0.25) is 0 Å². The van der Waals surface area contributed by atoms with Crippen molar-refractivity contribution in [2.75, 3.05) is 0 Å². The van der Waals surface area contributed by atoms with Gasteiger partial charge >= 0.3 is 0 Å². The first-order chi connectivity index (χ1) is 13.7. The molecule has 0 unspecified atom stereocenters. The topological polar surface area (TPSA) is 29.5 Å². The summed E-state index contributed by atoms with van der Waals surface area (Å²) in [7, 11) is 0. The Bertz CT molecular complexity index is 842. The van der Waals surface area contributed by atoms with Crippen LogP contribution in [0.3, 0.4) is 0 Å². The molecule has 0 aromatic heterocycles. The lowest BCUT2D eigenvalue weighted by Crippen LogP contribution is -2.41. The molecule has 28 heavy (non-hydrogen) atoms. The van der Waals surface area contributed by atoms with Gasteiger partial charge in [-0.15, -0.1) is 0 Å². The smallest absolute Gasteiger partial charge is 0.264 e. The van der Waals surface area contributed by atoms with Crippen LogP contribution in [0, 0.1) is 5.82 Å². The fourth-order valence-electron chi connectivity index (χ4n) is 3.02. The predicted octanol–water partition coefficient (Wildman–Crippen LogP) is 5.21. The minimum Gasteiger partial charge on any atom is -0.478 e. The number of para-hydroxylation sites is 1. The van der Waals surface area contributed by atoms with Crippen molar-refractivity contribution in [3.8, 4) is 5.75 Å². The van der Waals surface area contributed by atoms with E-state index in [1.54, 1.807) is 23.1 Å². The summed E-state index contributed by atoms with van der Waals surface area (Å²) in [6.07, 6.45) is -0.294. The van der Waals surface area contributed by atoms with Gasteiger partial charge in [0.1, 0.15) is 0 Å². The van der Waals surface area contributed by atoms with Crippen molar-refractivity contribution in [3.63, 3.8) is 0 Å². The molecule has 4 heteroatoms. The second kappa shape index (κ2) is 9.70. The van der Waals surface area contributed by atoms with Crippen molar-refractivity contribution in [2.45, 2.75) is 32.5 Å². The van der Waals surface area contributed by atoms with Crippen LogP contribution in [0.25, 0.3) is 0 Å². The van der Waals surface area contributed by atoms with Gasteiger partial charge in [0.15, 0.2) is 17.7 Å². The SMILES string of the molecule is CC[C@H](Oc1ccccc1F)C(=O)N(Cc1ccccc1)Cc1ccccc1. The molecule has 0 bridgehead atoms. The largest absolute Gasteiger partial charge is 0.478 e. The number of carbonyl (C=O) groups excluding carboxylic acids is 1. The van der Waals surface area contributed by atoms with Crippen LogP contribution in [0.5, 0.6) is 5.75 Å². The van der Waals surface area contributed by atoms with Crippen molar-refractivity contribution in [3.05, 3.63) is 102 Å². The molecule has 3 nitrogen and oxygen atoms in total. The molecule has 144 valence electrons. The van der Waals surface area contributed by atoms with E-state index in [0.29, 0.717) is 19.5 Å². The number of halogens is 1. The third kappa shape index (κ3) is 5.19. The maximum Gasteiger partial charge on any atom is 0.264 e. The van der Waals surface area contributed by atoms with Gasteiger partial charge in [-0.2, -0.15) is 0 Å². The van der Waals surface area contributed by atoms with Crippen molar-refractivity contribution in [1.29, 1.82) is 0 Å². The van der Waals surface area contributed by atoms with E-state index in [-0.39, 0.29) is 11.7 Å². The highest BCUT2D eigenvalue weighted by Crippen LogP contribution is 2.20. The molecule has 3 aromatic rings. The van der Waals surface area contributed by atoms with Gasteiger partial charge < -0.3 is 9.64 Å². The molecule has 0 heterocycles. The maximum absolute atomic E-state index is 14.0. The first-order valence-corrected chi connectivity index (χ1v) is 9.45. The number of benzene rings is 3. The Labute approximate surface area is 165 Å². The van der Waals surface area contributed by atoms with E-state index in [0.717, 1.165) is 11.1 Å². The summed E-state index contributed by atoms with van der Waals surface area (Å²) >= 11 is 0. The molecule has 0 aliphatic carbocycles. The van der Waals surface area contributed by atoms with Gasteiger partial charge in [0.25, 0.3) is 5.91 Å². The molecule has 0 saturated heterocycles. The predicted molar refractivity (Wildman–Crippen MR) is 108 cm³/mol. The van der Waals surface area contributed by atoms with Crippen LogP contribution in [0.15, 0.2) is 84.9 Å². The number of amides is 1. The first-order valence-electron chi connectivity index (χ1n) is 9.45. The molecule has 3 rings (SSSR count). The van der Waals surface area contributed by atoms with E-state index in [2.05, 4.69) is 0 Å². The van der Waals surface area contributed by atoms with Crippen molar-refractivity contribution in [1.82, 2.24) is 4.90 Å². The van der Waals surface area contributed by atoms with Gasteiger partial charge in [0.05, 0.1) is 0 Å². The summed E-state index contributed by atoms with van der Waals surface area (Å²) in [5, 5.41) is 0. The summed E-state index contributed by atoms with van der Waals surface area (Å²) < 4.78 is 19.7. The molecule has 0 spiro atoms. The van der Waals surface area contributed by atoms with Gasteiger partial charge in [0, 0.05) is 13.1 Å². The van der Waals surface area contributed by atoms with Crippen LogP contribution in [0.4, 0.5) is 4.39 Å². The average molecular weight is 377 g/mol. The highest BCUT2D eigenvalue weighted by molar-refractivity contribution is 5.81. The number of ether oxygens (including phenoxy) is 1. The molecular weight excluding hydrogens is 353 g/mol. The molecule has 0 N–H and O–H groups in total. The van der Waals surface area contributed by atoms with E-state index in [1.165, 1.54) is 6.07 Å². The Morgan fingerprint density at radius 1 is 0.857 bits per heavy atom. The molecule has 0 aliphatic rings. The normalized spacial score (nSPS) is 11.6. The van der Waals surface area contributed by atoms with Crippen LogP contribution in [0.1, 0.15) is 24.5 Å². The summed E-state index contributed by atoms with van der Waals surface area (Å²) in [5.41, 5.74) is 2.07. The van der Waals surface area contributed by atoms with Crippen LogP contribution in [-0.2, 0) is 17.9 Å². The number of hydrogen-bond acceptors (Lipinski definition) is 2. The zero-order chi connectivity index (χ0) is 19.8. The van der Waals surface area contributed by atoms with Gasteiger partial charge in [-0.25, -0.2) is 4.39 Å². The van der Waals surface area contributed by atoms with E-state index in [9.17, 15) is 9.18 Å². The number of nitrogens with zero attached hydrogens (tertiary/aromatic N) is 1. The molecule has 0 radical (unpaired) electrons. The first kappa shape index (κ1) is 19.6. The third-order valence-corrected chi connectivity index (χ3v) is 4.50. The van der Waals surface area contributed by atoms with Crippen LogP contribution >= 0.6 is 0 Å². The van der Waals surface area contributed by atoms with Gasteiger partial charge in [-0.05, 0) is 29.7 Å². The van der Waals surface area contributed by atoms with Crippen LogP contribution in [-0.4, -0.2) is 16.9 Å². The lowest BCUT2D eigenvalue weighted by atomic mass is 10.1. The fraction of sp³-hybridized carbons (Fsp3) is 0.208. The minimum atomic E-state index is -0.746. The van der Waals surface area contributed by atoms with E-state index >= 15 is 0 Å². The molecule has 0 aliphatic heterocycles. The quantitative estimate of drug-likeness (QED) is 0.539. The highest BCUT2D eigenvalue weighted by Gasteiger charge is 2.26. The second-order valence-electron chi connectivity index (χ2n) is 6.61. The molecule has 1 atom stereocenters. The van der Waals surface area contributed by atoms with E-state index < -0.39 is 11.9 Å². The fourth-order valence-corrected chi connectivity index (χ4v) is 3.02. The summed E-state index contributed by atoms with van der Waals surface area (Å²) in [6.45, 7) is 2.80. The highest BCUT2D eigenvalue weighted by atomic mass is 19.1. The standard InChI is InChI=1S/C24H24FNO2/c1-2-22(28-23-16-10-9-15-21(23)25)24(27)26(17-19-11-5-3-6-12-19)18-20-13-7-4-8-14-20/h3-16,22H,2,17-18H2,1H3/t22-/m0/s1. The lowest BCUT2D eigenvalue weighted by molar-refractivity contribution is -0.140. The monoisotopic (exact) mass is 377 g/mol. The van der Waals surface area contributed by atoms with E-state index in [1.807, 2.05) is 67.6 Å². The Morgan fingerprint density at radius 3 is 1.86 bits per heavy atom. The van der Waals surface area contributed by atoms with Gasteiger partial charge in [-0.1, -0.05) is 79.7 Å². The summed E-state index contributed by atoms with van der Waals surface area (Å²) in [5.74, 6) is -0.521. The Hall–Kier alpha value is -3.14. The zero-order valence-corrected chi connectivity index (χ0v) is 15.9. The van der Waals surface area contributed by atoms with Crippen LogP contribution < -0.4 is 4.74 Å². The number of rotatable bonds is 8. The van der Waals surface area contributed by atoms with E-state index in [4.69, 9.17) is 4.74 Å². The molecule has 0 saturated carbocycles. The third-order valence-electron chi connectivity index (χ3n) is 4.50. The maximum atomic E-state index is 14.0. The molecule has 3 aromatic carbocycles. The summed E-state index contributed by atoms with van der Waals surface area (Å²) in [6, 6.07) is 25.8. The van der Waals surface area contributed by atoms with Crippen molar-refractivity contribution >= 4 is 5.91 Å². The van der Waals surface area contributed by atoms with Gasteiger partial charge in [0.2, 0.25) is 0 Å². The average Bonchev–Trinajstić information content (AvgIpc) is 2.74. The minimum absolute atomic E-state index is 0.0991. The number of carbonyl (C=O) groups is 1. The molecule has 1 amide bonds. The number of hydrogen-bond donors (Lipinski definition) is 0. The Balaban J connectivity index is 1.82. The zero-order valence-electron chi connectivity index (χ0n) is 15.9. The Kier molecular flexibility index (Phi) is 6.79. The van der Waals surface area contributed by atoms with Gasteiger partial charge in [-0.3, -0.25) is 4.79 Å². The lowest BCUT2D eigenvalue weighted by Gasteiger charge is -2.28. The molecule has 0 fully saturated rings. The van der Waals surface area contributed by atoms with Crippen molar-refractivity contribution in [2.24, 2.45) is 0 Å².